The summed E-state index contributed by atoms with van der Waals surface area (Å²) < 4.78 is 40.3. The van der Waals surface area contributed by atoms with Gasteiger partial charge in [0.05, 0.1) is 11.3 Å². The van der Waals surface area contributed by atoms with E-state index >= 15 is 0 Å². The van der Waals surface area contributed by atoms with E-state index in [0.717, 1.165) is 50.4 Å². The molecule has 0 amide bonds. The number of piperidine rings is 1. The van der Waals surface area contributed by atoms with Crippen LogP contribution in [-0.2, 0) is 12.6 Å². The minimum Gasteiger partial charge on any atom is -0.399 e. The molecule has 1 fully saturated rings. The van der Waals surface area contributed by atoms with Crippen molar-refractivity contribution in [2.75, 3.05) is 29.0 Å². The Bertz CT molecular complexity index is 839. The molecular formula is C20H27F3N6. The summed E-state index contributed by atoms with van der Waals surface area (Å²) in [5, 5.41) is 2.76. The Balaban J connectivity index is 1.95. The van der Waals surface area contributed by atoms with Gasteiger partial charge in [-0.05, 0) is 43.9 Å². The van der Waals surface area contributed by atoms with Crippen molar-refractivity contribution in [3.05, 3.63) is 35.5 Å². The second-order valence-electron chi connectivity index (χ2n) is 7.42. The highest BCUT2D eigenvalue weighted by Crippen LogP contribution is 2.37. The summed E-state index contributed by atoms with van der Waals surface area (Å²) in [6.45, 7) is 3.56. The Morgan fingerprint density at radius 2 is 2.03 bits per heavy atom. The molecule has 0 saturated carbocycles. The summed E-state index contributed by atoms with van der Waals surface area (Å²) in [5.74, 6) is 0.829. The van der Waals surface area contributed by atoms with Crippen LogP contribution in [-0.4, -0.2) is 29.1 Å². The summed E-state index contributed by atoms with van der Waals surface area (Å²) in [5.41, 5.74) is 11.5. The largest absolute Gasteiger partial charge is 0.418 e. The highest BCUT2D eigenvalue weighted by molar-refractivity contribution is 5.64. The number of nitrogens with two attached hydrogens (primary N) is 2. The number of nitrogens with one attached hydrogen (secondary N) is 1. The lowest BCUT2D eigenvalue weighted by atomic mass is 10.1. The number of halogens is 3. The number of rotatable bonds is 6. The third-order valence-corrected chi connectivity index (χ3v) is 4.93. The summed E-state index contributed by atoms with van der Waals surface area (Å²) >= 11 is 0. The molecule has 1 aromatic heterocycles. The Kier molecular flexibility index (Phi) is 6.46. The Morgan fingerprint density at radius 1 is 1.24 bits per heavy atom. The van der Waals surface area contributed by atoms with E-state index in [0.29, 0.717) is 12.4 Å². The van der Waals surface area contributed by atoms with Gasteiger partial charge in [-0.3, -0.25) is 0 Å². The minimum absolute atomic E-state index is 0.0449. The monoisotopic (exact) mass is 408 g/mol. The number of nitrogen functional groups attached to an aromatic ring is 1. The highest BCUT2D eigenvalue weighted by Gasteiger charge is 2.34. The summed E-state index contributed by atoms with van der Waals surface area (Å²) in [6.07, 6.45) is 0.0244. The third kappa shape index (κ3) is 5.50. The lowest BCUT2D eigenvalue weighted by Crippen LogP contribution is -2.43. The molecule has 0 spiro atoms. The summed E-state index contributed by atoms with van der Waals surface area (Å²) in [6, 6.07) is 5.60. The van der Waals surface area contributed by atoms with E-state index in [4.69, 9.17) is 11.5 Å². The van der Waals surface area contributed by atoms with Gasteiger partial charge in [-0.2, -0.15) is 18.2 Å². The number of aryl methyl sites for hydroxylation is 1. The fourth-order valence-corrected chi connectivity index (χ4v) is 3.43. The van der Waals surface area contributed by atoms with Crippen LogP contribution in [0.5, 0.6) is 0 Å². The first kappa shape index (κ1) is 21.2. The Morgan fingerprint density at radius 3 is 2.72 bits per heavy atom. The number of alkyl halides is 3. The predicted molar refractivity (Wildman–Crippen MR) is 109 cm³/mol. The maximum Gasteiger partial charge on any atom is 0.418 e. The summed E-state index contributed by atoms with van der Waals surface area (Å²) in [7, 11) is 0. The average Bonchev–Trinajstić information content (AvgIpc) is 2.67. The number of benzene rings is 1. The van der Waals surface area contributed by atoms with Crippen molar-refractivity contribution in [2.24, 2.45) is 5.73 Å². The quantitative estimate of drug-likeness (QED) is 0.624. The standard InChI is InChI=1S/C20H27F3N6/c1-2-3-6-15-11-18(29-9-4-5-14(25)12-29)28-19(26-15)27-17-8-7-13(24)10-16(17)20(21,22)23/h7-8,10-11,14H,2-6,9,12,24-25H2,1H3,(H,26,27,28)/t14-/m1/s1. The van der Waals surface area contributed by atoms with Crippen molar-refractivity contribution in [1.82, 2.24) is 9.97 Å². The van der Waals surface area contributed by atoms with Crippen LogP contribution in [0.4, 0.5) is 36.3 Å². The number of hydrogen-bond donors (Lipinski definition) is 3. The molecule has 0 aliphatic carbocycles. The topological polar surface area (TPSA) is 93.1 Å². The molecule has 6 nitrogen and oxygen atoms in total. The van der Waals surface area contributed by atoms with Crippen molar-refractivity contribution in [3.63, 3.8) is 0 Å². The molecule has 1 aliphatic rings. The zero-order chi connectivity index (χ0) is 21.0. The normalized spacial score (nSPS) is 17.4. The molecule has 0 unspecified atom stereocenters. The minimum atomic E-state index is -4.54. The number of nitrogens with zero attached hydrogens (tertiary/aromatic N) is 3. The average molecular weight is 408 g/mol. The smallest absolute Gasteiger partial charge is 0.399 e. The second-order valence-corrected chi connectivity index (χ2v) is 7.42. The molecule has 1 aromatic carbocycles. The van der Waals surface area contributed by atoms with Crippen LogP contribution in [0.3, 0.4) is 0 Å². The molecule has 2 aromatic rings. The predicted octanol–water partition coefficient (Wildman–Crippen LogP) is 4.09. The molecule has 0 bridgehead atoms. The third-order valence-electron chi connectivity index (χ3n) is 4.93. The van der Waals surface area contributed by atoms with Gasteiger partial charge in [0.2, 0.25) is 5.95 Å². The van der Waals surface area contributed by atoms with Gasteiger partial charge in [-0.25, -0.2) is 4.98 Å². The molecule has 1 aliphatic heterocycles. The number of anilines is 4. The van der Waals surface area contributed by atoms with Crippen molar-refractivity contribution in [2.45, 2.75) is 51.2 Å². The zero-order valence-electron chi connectivity index (χ0n) is 16.5. The first-order valence-corrected chi connectivity index (χ1v) is 9.88. The molecule has 158 valence electrons. The summed E-state index contributed by atoms with van der Waals surface area (Å²) in [4.78, 5) is 11.0. The van der Waals surface area contributed by atoms with Crippen molar-refractivity contribution in [1.29, 1.82) is 0 Å². The van der Waals surface area contributed by atoms with Crippen LogP contribution in [0.25, 0.3) is 0 Å². The first-order chi connectivity index (χ1) is 13.8. The van der Waals surface area contributed by atoms with Crippen LogP contribution in [0.15, 0.2) is 24.3 Å². The fourth-order valence-electron chi connectivity index (χ4n) is 3.43. The van der Waals surface area contributed by atoms with Gasteiger partial charge < -0.3 is 21.7 Å². The molecule has 2 heterocycles. The highest BCUT2D eigenvalue weighted by atomic mass is 19.4. The van der Waals surface area contributed by atoms with Gasteiger partial charge >= 0.3 is 6.18 Å². The van der Waals surface area contributed by atoms with E-state index in [-0.39, 0.29) is 23.4 Å². The van der Waals surface area contributed by atoms with E-state index in [1.54, 1.807) is 0 Å². The SMILES string of the molecule is CCCCc1cc(N2CCC[C@@H](N)C2)nc(Nc2ccc(N)cc2C(F)(F)F)n1. The van der Waals surface area contributed by atoms with Gasteiger partial charge in [0.1, 0.15) is 5.82 Å². The molecule has 29 heavy (non-hydrogen) atoms. The maximum absolute atomic E-state index is 13.4. The van der Waals surface area contributed by atoms with E-state index in [1.807, 2.05) is 6.07 Å². The number of aromatic nitrogens is 2. The van der Waals surface area contributed by atoms with E-state index in [9.17, 15) is 13.2 Å². The molecular weight excluding hydrogens is 381 g/mol. The lowest BCUT2D eigenvalue weighted by molar-refractivity contribution is -0.136. The molecule has 0 radical (unpaired) electrons. The maximum atomic E-state index is 13.4. The van der Waals surface area contributed by atoms with Crippen LogP contribution in [0, 0.1) is 0 Å². The zero-order valence-corrected chi connectivity index (χ0v) is 16.5. The van der Waals surface area contributed by atoms with Crippen molar-refractivity contribution >= 4 is 23.1 Å². The Hall–Kier alpha value is -2.55. The number of unbranched alkanes of at least 4 members (excludes halogenated alkanes) is 1. The molecule has 9 heteroatoms. The molecule has 1 atom stereocenters. The second kappa shape index (κ2) is 8.86. The van der Waals surface area contributed by atoms with E-state index < -0.39 is 11.7 Å². The van der Waals surface area contributed by atoms with Crippen LogP contribution < -0.4 is 21.7 Å². The van der Waals surface area contributed by atoms with Crippen LogP contribution >= 0.6 is 0 Å². The van der Waals surface area contributed by atoms with Gasteiger partial charge in [-0.1, -0.05) is 13.3 Å². The number of hydrogen-bond acceptors (Lipinski definition) is 6. The van der Waals surface area contributed by atoms with Crippen LogP contribution in [0.2, 0.25) is 0 Å². The van der Waals surface area contributed by atoms with Gasteiger partial charge in [0.25, 0.3) is 0 Å². The van der Waals surface area contributed by atoms with E-state index in [1.165, 1.54) is 12.1 Å². The molecule has 1 saturated heterocycles. The van der Waals surface area contributed by atoms with Crippen LogP contribution in [0.1, 0.15) is 43.9 Å². The van der Waals surface area contributed by atoms with Crippen molar-refractivity contribution in [3.8, 4) is 0 Å². The van der Waals surface area contributed by atoms with Gasteiger partial charge in [0, 0.05) is 36.6 Å². The molecule has 3 rings (SSSR count). The lowest BCUT2D eigenvalue weighted by Gasteiger charge is -2.32. The van der Waals surface area contributed by atoms with Gasteiger partial charge in [0.15, 0.2) is 0 Å². The molecule has 5 N–H and O–H groups in total. The van der Waals surface area contributed by atoms with Crippen molar-refractivity contribution < 1.29 is 13.2 Å². The Labute approximate surface area is 168 Å². The first-order valence-electron chi connectivity index (χ1n) is 9.88. The van der Waals surface area contributed by atoms with E-state index in [2.05, 4.69) is 27.1 Å². The fraction of sp³-hybridized carbons (Fsp3) is 0.500. The van der Waals surface area contributed by atoms with Gasteiger partial charge in [-0.15, -0.1) is 0 Å².